The van der Waals surface area contributed by atoms with Crippen molar-refractivity contribution < 1.29 is 28.6 Å². The van der Waals surface area contributed by atoms with Crippen LogP contribution in [0.4, 0.5) is 0 Å². The first-order chi connectivity index (χ1) is 27.5. The average Bonchev–Trinajstić information content (AvgIpc) is 3.20. The van der Waals surface area contributed by atoms with E-state index in [1.54, 1.807) is 0 Å². The molecule has 0 amide bonds. The number of carbonyl (C=O) groups excluding carboxylic acids is 3. The number of hydrogen-bond donors (Lipinski definition) is 0. The van der Waals surface area contributed by atoms with Gasteiger partial charge in [-0.1, -0.05) is 133 Å². The van der Waals surface area contributed by atoms with Gasteiger partial charge in [0, 0.05) is 19.3 Å². The molecule has 1 saturated heterocycles. The molecule has 0 radical (unpaired) electrons. The first-order valence-corrected chi connectivity index (χ1v) is 23.3. The van der Waals surface area contributed by atoms with E-state index in [9.17, 15) is 14.4 Å². The minimum atomic E-state index is -0.372. The SMILES string of the molecule is CCCCCC=CCC=CCCCCCCCC(=O)OCC(COC(=O)CCCCCCC/C=C\C/C=C\CCCCC)COC(=O)CCCN1CCCCC1. The molecule has 1 heterocycles. The predicted molar refractivity (Wildman–Crippen MR) is 235 cm³/mol. The molecule has 0 aromatic carbocycles. The van der Waals surface area contributed by atoms with Gasteiger partial charge in [0.05, 0.1) is 5.92 Å². The second kappa shape index (κ2) is 40.5. The number of likely N-dealkylation sites (tertiary alicyclic amines) is 1. The zero-order chi connectivity index (χ0) is 40.4. The fraction of sp³-hybridized carbons (Fsp3) is 0.776. The van der Waals surface area contributed by atoms with Gasteiger partial charge in [-0.05, 0) is 116 Å². The van der Waals surface area contributed by atoms with Crippen molar-refractivity contribution in [1.29, 1.82) is 0 Å². The van der Waals surface area contributed by atoms with Crippen LogP contribution in [0, 0.1) is 5.92 Å². The fourth-order valence-corrected chi connectivity index (χ4v) is 6.78. The maximum absolute atomic E-state index is 12.6. The molecule has 0 aliphatic carbocycles. The van der Waals surface area contributed by atoms with Gasteiger partial charge in [0.1, 0.15) is 19.8 Å². The van der Waals surface area contributed by atoms with Gasteiger partial charge in [0.15, 0.2) is 0 Å². The van der Waals surface area contributed by atoms with Crippen molar-refractivity contribution in [3.63, 3.8) is 0 Å². The molecule has 1 atom stereocenters. The van der Waals surface area contributed by atoms with Gasteiger partial charge in [-0.15, -0.1) is 0 Å². The minimum Gasteiger partial charge on any atom is -0.465 e. The maximum Gasteiger partial charge on any atom is 0.305 e. The Balaban J connectivity index is 2.27. The Bertz CT molecular complexity index is 981. The lowest BCUT2D eigenvalue weighted by atomic mass is 10.1. The van der Waals surface area contributed by atoms with Crippen LogP contribution in [0.2, 0.25) is 0 Å². The monoisotopic (exact) mass is 784 g/mol. The molecule has 1 aliphatic rings. The van der Waals surface area contributed by atoms with E-state index in [4.69, 9.17) is 14.2 Å². The fourth-order valence-electron chi connectivity index (χ4n) is 6.78. The number of esters is 3. The molecule has 56 heavy (non-hydrogen) atoms. The van der Waals surface area contributed by atoms with E-state index in [2.05, 4.69) is 67.4 Å². The number of nitrogens with zero attached hydrogens (tertiary/aromatic N) is 1. The molecule has 0 aromatic rings. The standard InChI is InChI=1S/C49H85NO6/c1-3-5-7-9-11-13-15-17-19-21-23-25-27-29-32-37-47(51)54-43-46(45-56-49(53)39-36-42-50-40-34-31-35-41-50)44-55-48(52)38-33-30-28-26-24-22-20-18-16-14-12-10-8-6-4-2/h11-14,17-20,46H,3-10,15-16,21-45H2,1-2H3/b13-11-,14-12?,19-17-,20-18?. The number of rotatable bonds is 38. The molecular weight excluding hydrogens is 699 g/mol. The number of piperidine rings is 1. The third-order valence-electron chi connectivity index (χ3n) is 10.4. The minimum absolute atomic E-state index is 0.0799. The summed E-state index contributed by atoms with van der Waals surface area (Å²) in [6.07, 6.45) is 48.8. The lowest BCUT2D eigenvalue weighted by molar-refractivity contribution is -0.153. The molecular formula is C49H85NO6. The summed E-state index contributed by atoms with van der Waals surface area (Å²) in [5.74, 6) is -1.11. The smallest absolute Gasteiger partial charge is 0.305 e. The highest BCUT2D eigenvalue weighted by Crippen LogP contribution is 2.13. The summed E-state index contributed by atoms with van der Waals surface area (Å²) in [4.78, 5) is 40.1. The normalized spacial score (nSPS) is 14.4. The van der Waals surface area contributed by atoms with Gasteiger partial charge >= 0.3 is 17.9 Å². The van der Waals surface area contributed by atoms with Crippen LogP contribution in [0.15, 0.2) is 48.6 Å². The third kappa shape index (κ3) is 35.7. The zero-order valence-electron chi connectivity index (χ0n) is 36.3. The van der Waals surface area contributed by atoms with Crippen molar-refractivity contribution in [3.05, 3.63) is 48.6 Å². The molecule has 322 valence electrons. The Kier molecular flexibility index (Phi) is 37.2. The summed E-state index contributed by atoms with van der Waals surface area (Å²) in [7, 11) is 0. The summed E-state index contributed by atoms with van der Waals surface area (Å²) in [5, 5.41) is 0. The molecule has 0 saturated carbocycles. The van der Waals surface area contributed by atoms with E-state index < -0.39 is 0 Å². The second-order valence-corrected chi connectivity index (χ2v) is 15.9. The molecule has 1 unspecified atom stereocenters. The molecule has 1 fully saturated rings. The Labute approximate surface area is 344 Å². The summed E-state index contributed by atoms with van der Waals surface area (Å²) < 4.78 is 16.8. The average molecular weight is 784 g/mol. The van der Waals surface area contributed by atoms with E-state index in [1.807, 2.05) is 0 Å². The molecule has 1 aliphatic heterocycles. The first kappa shape index (κ1) is 51.3. The van der Waals surface area contributed by atoms with Crippen molar-refractivity contribution in [2.24, 2.45) is 5.92 Å². The van der Waals surface area contributed by atoms with E-state index in [-0.39, 0.29) is 43.6 Å². The van der Waals surface area contributed by atoms with Crippen LogP contribution in [0.1, 0.15) is 200 Å². The van der Waals surface area contributed by atoms with E-state index in [0.717, 1.165) is 103 Å². The number of ether oxygens (including phenoxy) is 3. The number of allylic oxidation sites excluding steroid dienone is 8. The number of hydrogen-bond acceptors (Lipinski definition) is 7. The van der Waals surface area contributed by atoms with Gasteiger partial charge in [0.2, 0.25) is 0 Å². The van der Waals surface area contributed by atoms with Crippen molar-refractivity contribution in [1.82, 2.24) is 4.90 Å². The van der Waals surface area contributed by atoms with E-state index in [0.29, 0.717) is 19.3 Å². The van der Waals surface area contributed by atoms with Gasteiger partial charge in [-0.3, -0.25) is 14.4 Å². The van der Waals surface area contributed by atoms with E-state index in [1.165, 1.54) is 83.5 Å². The predicted octanol–water partition coefficient (Wildman–Crippen LogP) is 13.1. The topological polar surface area (TPSA) is 82.1 Å². The molecule has 7 nitrogen and oxygen atoms in total. The van der Waals surface area contributed by atoms with Crippen LogP contribution in [0.5, 0.6) is 0 Å². The van der Waals surface area contributed by atoms with Crippen molar-refractivity contribution in [2.75, 3.05) is 39.5 Å². The van der Waals surface area contributed by atoms with Gasteiger partial charge < -0.3 is 19.1 Å². The molecule has 7 heteroatoms. The largest absolute Gasteiger partial charge is 0.465 e. The Morgan fingerprint density at radius 3 is 1.21 bits per heavy atom. The zero-order valence-corrected chi connectivity index (χ0v) is 36.3. The van der Waals surface area contributed by atoms with Gasteiger partial charge in [-0.25, -0.2) is 0 Å². The highest BCUT2D eigenvalue weighted by atomic mass is 16.6. The van der Waals surface area contributed by atoms with E-state index >= 15 is 0 Å². The summed E-state index contributed by atoms with van der Waals surface area (Å²) in [6.45, 7) is 7.85. The third-order valence-corrected chi connectivity index (χ3v) is 10.4. The Morgan fingerprint density at radius 1 is 0.446 bits per heavy atom. The highest BCUT2D eigenvalue weighted by molar-refractivity contribution is 5.70. The number of unbranched alkanes of at least 4 members (excludes halogenated alkanes) is 16. The van der Waals surface area contributed by atoms with Gasteiger partial charge in [-0.2, -0.15) is 0 Å². The second-order valence-electron chi connectivity index (χ2n) is 15.9. The molecule has 0 bridgehead atoms. The van der Waals surface area contributed by atoms with Crippen LogP contribution >= 0.6 is 0 Å². The van der Waals surface area contributed by atoms with Crippen molar-refractivity contribution in [3.8, 4) is 0 Å². The van der Waals surface area contributed by atoms with Crippen LogP contribution in [-0.2, 0) is 28.6 Å². The lowest BCUT2D eigenvalue weighted by Gasteiger charge is -2.26. The molecule has 0 aromatic heterocycles. The highest BCUT2D eigenvalue weighted by Gasteiger charge is 2.18. The summed E-state index contributed by atoms with van der Waals surface area (Å²) in [5.41, 5.74) is 0. The van der Waals surface area contributed by atoms with Gasteiger partial charge in [0.25, 0.3) is 0 Å². The lowest BCUT2D eigenvalue weighted by Crippen LogP contribution is -2.31. The summed E-state index contributed by atoms with van der Waals surface area (Å²) in [6, 6.07) is 0. The number of carbonyl (C=O) groups is 3. The van der Waals surface area contributed by atoms with Crippen LogP contribution < -0.4 is 0 Å². The van der Waals surface area contributed by atoms with Crippen LogP contribution in [-0.4, -0.2) is 62.3 Å². The Morgan fingerprint density at radius 2 is 0.804 bits per heavy atom. The molecule has 1 rings (SSSR count). The summed E-state index contributed by atoms with van der Waals surface area (Å²) >= 11 is 0. The Hall–Kier alpha value is -2.67. The van der Waals surface area contributed by atoms with Crippen LogP contribution in [0.25, 0.3) is 0 Å². The van der Waals surface area contributed by atoms with Crippen molar-refractivity contribution >= 4 is 17.9 Å². The quantitative estimate of drug-likeness (QED) is 0.0267. The van der Waals surface area contributed by atoms with Crippen molar-refractivity contribution in [2.45, 2.75) is 200 Å². The first-order valence-electron chi connectivity index (χ1n) is 23.3. The van der Waals surface area contributed by atoms with Crippen LogP contribution in [0.3, 0.4) is 0 Å². The molecule has 0 spiro atoms. The maximum atomic E-state index is 12.6. The molecule has 0 N–H and O–H groups in total.